The largest absolute Gasteiger partial charge is 0.354 e. The van der Waals surface area contributed by atoms with Gasteiger partial charge in [0.1, 0.15) is 0 Å². The molecule has 1 aliphatic heterocycles. The molecule has 2 aromatic rings. The van der Waals surface area contributed by atoms with Crippen molar-refractivity contribution in [3.05, 3.63) is 53.9 Å². The Balaban J connectivity index is 0.00000300. The maximum atomic E-state index is 4.57. The van der Waals surface area contributed by atoms with Gasteiger partial charge in [-0.1, -0.05) is 37.3 Å². The molecule has 1 saturated heterocycles. The van der Waals surface area contributed by atoms with Crippen molar-refractivity contribution in [2.24, 2.45) is 18.0 Å². The maximum absolute atomic E-state index is 4.57. The molecule has 3 atom stereocenters. The van der Waals surface area contributed by atoms with Crippen LogP contribution in [0.1, 0.15) is 36.4 Å². The van der Waals surface area contributed by atoms with E-state index in [1.165, 1.54) is 11.1 Å². The van der Waals surface area contributed by atoms with Crippen molar-refractivity contribution in [1.82, 2.24) is 24.9 Å². The van der Waals surface area contributed by atoms with Crippen LogP contribution in [0.5, 0.6) is 0 Å². The standard InChI is InChI=1S/C22H34N6.HI/c1-17-15-28(12-11-20(17)18-9-7-6-8-10-18)22(23-2)24-14-21(26(3)4)19-13-25-27(5)16-19;/h6-10,13,16-17,20-21H,11-12,14-15H2,1-5H3,(H,23,24);1H. The van der Waals surface area contributed by atoms with Crippen LogP contribution >= 0.6 is 24.0 Å². The number of piperidine rings is 1. The first-order valence-electron chi connectivity index (χ1n) is 10.1. The summed E-state index contributed by atoms with van der Waals surface area (Å²) in [5.74, 6) is 2.22. The highest BCUT2D eigenvalue weighted by molar-refractivity contribution is 14.0. The lowest BCUT2D eigenvalue weighted by molar-refractivity contribution is 0.231. The molecule has 1 fully saturated rings. The van der Waals surface area contributed by atoms with E-state index in [4.69, 9.17) is 0 Å². The Morgan fingerprint density at radius 1 is 1.31 bits per heavy atom. The van der Waals surface area contributed by atoms with E-state index in [1.54, 1.807) is 0 Å². The summed E-state index contributed by atoms with van der Waals surface area (Å²) in [6, 6.07) is 11.2. The fourth-order valence-corrected chi connectivity index (χ4v) is 4.26. The molecular weight excluding hydrogens is 475 g/mol. The Bertz CT molecular complexity index is 773. The zero-order valence-corrected chi connectivity index (χ0v) is 20.6. The van der Waals surface area contributed by atoms with Crippen molar-refractivity contribution >= 4 is 29.9 Å². The number of benzene rings is 1. The second kappa shape index (κ2) is 11.0. The fraction of sp³-hybridized carbons (Fsp3) is 0.545. The zero-order valence-electron chi connectivity index (χ0n) is 18.2. The Morgan fingerprint density at radius 3 is 2.59 bits per heavy atom. The molecule has 160 valence electrons. The number of hydrogen-bond donors (Lipinski definition) is 1. The molecule has 1 aliphatic rings. The van der Waals surface area contributed by atoms with Crippen LogP contribution in [0.25, 0.3) is 0 Å². The number of halogens is 1. The van der Waals surface area contributed by atoms with Crippen molar-refractivity contribution < 1.29 is 0 Å². The van der Waals surface area contributed by atoms with E-state index >= 15 is 0 Å². The summed E-state index contributed by atoms with van der Waals surface area (Å²) in [5, 5.41) is 7.93. The zero-order chi connectivity index (χ0) is 20.1. The van der Waals surface area contributed by atoms with Gasteiger partial charge in [0.2, 0.25) is 0 Å². The first-order valence-corrected chi connectivity index (χ1v) is 10.1. The van der Waals surface area contributed by atoms with Gasteiger partial charge in [0.05, 0.1) is 12.2 Å². The number of rotatable bonds is 5. The number of hydrogen-bond acceptors (Lipinski definition) is 3. The van der Waals surface area contributed by atoms with E-state index in [0.717, 1.165) is 32.0 Å². The second-order valence-electron chi connectivity index (χ2n) is 8.08. The van der Waals surface area contributed by atoms with Crippen LogP contribution in [0.2, 0.25) is 0 Å². The van der Waals surface area contributed by atoms with Crippen LogP contribution in [0.4, 0.5) is 0 Å². The van der Waals surface area contributed by atoms with E-state index in [2.05, 4.69) is 82.8 Å². The number of nitrogens with zero attached hydrogens (tertiary/aromatic N) is 5. The van der Waals surface area contributed by atoms with Crippen LogP contribution in [0, 0.1) is 5.92 Å². The van der Waals surface area contributed by atoms with Crippen molar-refractivity contribution in [2.75, 3.05) is 40.8 Å². The van der Waals surface area contributed by atoms with Gasteiger partial charge in [-0.3, -0.25) is 9.67 Å². The molecule has 3 rings (SSSR count). The van der Waals surface area contributed by atoms with E-state index < -0.39 is 0 Å². The summed E-state index contributed by atoms with van der Waals surface area (Å²) < 4.78 is 1.86. The van der Waals surface area contributed by atoms with E-state index in [0.29, 0.717) is 11.8 Å². The molecule has 0 spiro atoms. The molecule has 1 N–H and O–H groups in total. The topological polar surface area (TPSA) is 48.7 Å². The average Bonchev–Trinajstić information content (AvgIpc) is 3.11. The van der Waals surface area contributed by atoms with Crippen LogP contribution in [0.15, 0.2) is 47.7 Å². The number of aromatic nitrogens is 2. The van der Waals surface area contributed by atoms with E-state index in [-0.39, 0.29) is 30.0 Å². The average molecular weight is 510 g/mol. The summed E-state index contributed by atoms with van der Waals surface area (Å²) in [4.78, 5) is 9.19. The van der Waals surface area contributed by atoms with Gasteiger partial charge in [-0.15, -0.1) is 24.0 Å². The lowest BCUT2D eigenvalue weighted by Gasteiger charge is -2.39. The third-order valence-corrected chi connectivity index (χ3v) is 5.83. The molecule has 0 radical (unpaired) electrons. The van der Waals surface area contributed by atoms with Crippen LogP contribution in [0.3, 0.4) is 0 Å². The second-order valence-corrected chi connectivity index (χ2v) is 8.08. The van der Waals surface area contributed by atoms with Gasteiger partial charge in [0.15, 0.2) is 5.96 Å². The molecule has 6 nitrogen and oxygen atoms in total. The lowest BCUT2D eigenvalue weighted by atomic mass is 9.82. The summed E-state index contributed by atoms with van der Waals surface area (Å²) >= 11 is 0. The van der Waals surface area contributed by atoms with Gasteiger partial charge < -0.3 is 15.1 Å². The minimum Gasteiger partial charge on any atom is -0.354 e. The lowest BCUT2D eigenvalue weighted by Crippen LogP contribution is -2.49. The molecule has 1 aromatic heterocycles. The van der Waals surface area contributed by atoms with E-state index in [1.807, 2.05) is 25.0 Å². The fourth-order valence-electron chi connectivity index (χ4n) is 4.26. The van der Waals surface area contributed by atoms with Gasteiger partial charge in [0.25, 0.3) is 0 Å². The summed E-state index contributed by atoms with van der Waals surface area (Å²) in [6.45, 7) is 5.22. The normalized spacial score (nSPS) is 21.0. The van der Waals surface area contributed by atoms with Crippen molar-refractivity contribution in [3.63, 3.8) is 0 Å². The molecule has 0 aliphatic carbocycles. The molecule has 7 heteroatoms. The number of nitrogens with one attached hydrogen (secondary N) is 1. The SMILES string of the molecule is CN=C(NCC(c1cnn(C)c1)N(C)C)N1CCC(c2ccccc2)C(C)C1.I. The van der Waals surface area contributed by atoms with Crippen molar-refractivity contribution in [3.8, 4) is 0 Å². The molecule has 0 bridgehead atoms. The number of aryl methyl sites for hydroxylation is 1. The quantitative estimate of drug-likeness (QED) is 0.381. The predicted octanol–water partition coefficient (Wildman–Crippen LogP) is 3.34. The molecule has 29 heavy (non-hydrogen) atoms. The Labute approximate surface area is 192 Å². The third kappa shape index (κ3) is 5.94. The monoisotopic (exact) mass is 510 g/mol. The third-order valence-electron chi connectivity index (χ3n) is 5.83. The molecule has 0 amide bonds. The van der Waals surface area contributed by atoms with Gasteiger partial charge >= 0.3 is 0 Å². The predicted molar refractivity (Wildman–Crippen MR) is 131 cm³/mol. The Kier molecular flexibility index (Phi) is 8.95. The van der Waals surface area contributed by atoms with E-state index in [9.17, 15) is 0 Å². The first kappa shape index (κ1) is 23.7. The van der Waals surface area contributed by atoms with Crippen molar-refractivity contribution in [1.29, 1.82) is 0 Å². The maximum Gasteiger partial charge on any atom is 0.193 e. The summed E-state index contributed by atoms with van der Waals surface area (Å²) in [6.07, 6.45) is 5.19. The van der Waals surface area contributed by atoms with Gasteiger partial charge in [-0.05, 0) is 37.9 Å². The highest BCUT2D eigenvalue weighted by atomic mass is 127. The minimum atomic E-state index is 0. The number of likely N-dealkylation sites (N-methyl/N-ethyl adjacent to an activating group) is 1. The highest BCUT2D eigenvalue weighted by Crippen LogP contribution is 2.32. The van der Waals surface area contributed by atoms with Crippen LogP contribution in [-0.4, -0.2) is 66.3 Å². The highest BCUT2D eigenvalue weighted by Gasteiger charge is 2.29. The minimum absolute atomic E-state index is 0. The van der Waals surface area contributed by atoms with Gasteiger partial charge in [0, 0.05) is 45.5 Å². The molecule has 2 heterocycles. The number of likely N-dealkylation sites (tertiary alicyclic amines) is 1. The Morgan fingerprint density at radius 2 is 2.03 bits per heavy atom. The van der Waals surface area contributed by atoms with Gasteiger partial charge in [-0.25, -0.2) is 0 Å². The number of guanidine groups is 1. The summed E-state index contributed by atoms with van der Waals surface area (Å²) in [7, 11) is 8.05. The first-order chi connectivity index (χ1) is 13.5. The van der Waals surface area contributed by atoms with Crippen LogP contribution in [-0.2, 0) is 7.05 Å². The smallest absolute Gasteiger partial charge is 0.193 e. The molecular formula is C22H35IN6. The van der Waals surface area contributed by atoms with Crippen LogP contribution < -0.4 is 5.32 Å². The van der Waals surface area contributed by atoms with Crippen molar-refractivity contribution in [2.45, 2.75) is 25.3 Å². The Hall–Kier alpha value is -1.61. The molecule has 0 saturated carbocycles. The molecule has 1 aromatic carbocycles. The number of aliphatic imine (C=N–C) groups is 1. The summed E-state index contributed by atoms with van der Waals surface area (Å²) in [5.41, 5.74) is 2.67. The molecule has 3 unspecified atom stereocenters. The van der Waals surface area contributed by atoms with Gasteiger partial charge in [-0.2, -0.15) is 5.10 Å².